The van der Waals surface area contributed by atoms with Crippen LogP contribution in [-0.4, -0.2) is 19.9 Å². The van der Waals surface area contributed by atoms with Crippen molar-refractivity contribution < 1.29 is 22.4 Å². The fourth-order valence-corrected chi connectivity index (χ4v) is 0.784. The van der Waals surface area contributed by atoms with E-state index in [1.165, 1.54) is 12.7 Å². The van der Waals surface area contributed by atoms with E-state index in [0.717, 1.165) is 0 Å². The van der Waals surface area contributed by atoms with Crippen molar-refractivity contribution in [3.63, 3.8) is 0 Å². The van der Waals surface area contributed by atoms with Gasteiger partial charge in [0.1, 0.15) is 11.8 Å². The third kappa shape index (κ3) is 1.25. The van der Waals surface area contributed by atoms with Gasteiger partial charge in [0.25, 0.3) is 0 Å². The van der Waals surface area contributed by atoms with Crippen molar-refractivity contribution in [2.24, 2.45) is 0 Å². The Hall–Kier alpha value is -0.910. The number of aromatic amines is 1. The number of aromatic nitrogens is 4. The monoisotopic (exact) mass is 242 g/mol. The molecule has 0 aromatic carbocycles. The second kappa shape index (κ2) is 3.00. The first-order valence-electron chi connectivity index (χ1n) is 2.77. The summed E-state index contributed by atoms with van der Waals surface area (Å²) in [5, 5.41) is 0. The van der Waals surface area contributed by atoms with Crippen LogP contribution in [0.25, 0.3) is 11.2 Å². The van der Waals surface area contributed by atoms with Crippen LogP contribution >= 0.6 is 0 Å². The van der Waals surface area contributed by atoms with Crippen LogP contribution in [0.15, 0.2) is 12.7 Å². The summed E-state index contributed by atoms with van der Waals surface area (Å²) in [4.78, 5) is 14.4. The molecule has 2 aromatic heterocycles. The minimum absolute atomic E-state index is 0. The van der Waals surface area contributed by atoms with E-state index in [-0.39, 0.29) is 22.4 Å². The summed E-state index contributed by atoms with van der Waals surface area (Å²) in [6.07, 6.45) is 2.92. The van der Waals surface area contributed by atoms with E-state index in [2.05, 4.69) is 19.9 Å². The van der Waals surface area contributed by atoms with Gasteiger partial charge in [-0.1, -0.05) is 0 Å². The zero-order valence-electron chi connectivity index (χ0n) is 5.38. The molecule has 11 heavy (non-hydrogen) atoms. The average Bonchev–Trinajstić information content (AvgIpc) is 2.36. The van der Waals surface area contributed by atoms with Gasteiger partial charge in [-0.05, 0) is 0 Å². The first-order valence-corrected chi connectivity index (χ1v) is 2.77. The molecule has 0 unspecified atom stereocenters. The molecule has 6 heteroatoms. The number of imidazole rings is 1. The van der Waals surface area contributed by atoms with Crippen LogP contribution < -0.4 is 5.73 Å². The van der Waals surface area contributed by atoms with Gasteiger partial charge in [-0.2, -0.15) is 0 Å². The molecule has 0 amide bonds. The van der Waals surface area contributed by atoms with Crippen molar-refractivity contribution in [1.82, 2.24) is 19.9 Å². The Balaban J connectivity index is 0.000000605. The van der Waals surface area contributed by atoms with Crippen LogP contribution in [0, 0.1) is 0 Å². The zero-order chi connectivity index (χ0) is 6.97. The van der Waals surface area contributed by atoms with Crippen molar-refractivity contribution in [2.75, 3.05) is 5.73 Å². The third-order valence-corrected chi connectivity index (χ3v) is 1.25. The predicted octanol–water partition coefficient (Wildman–Crippen LogP) is -0.0674. The molecule has 0 atom stereocenters. The number of nitrogens with two attached hydrogens (primary N) is 1. The van der Waals surface area contributed by atoms with Crippen LogP contribution in [-0.2, 0) is 22.4 Å². The van der Waals surface area contributed by atoms with Gasteiger partial charge in [-0.15, -0.1) is 0 Å². The van der Waals surface area contributed by atoms with Gasteiger partial charge in [0.05, 0.1) is 6.33 Å². The molecule has 2 rings (SSSR count). The average molecular weight is 243 g/mol. The van der Waals surface area contributed by atoms with Gasteiger partial charge >= 0.3 is 0 Å². The molecule has 1 radical (unpaired) electrons. The van der Waals surface area contributed by atoms with E-state index in [0.29, 0.717) is 17.0 Å². The molecule has 0 aliphatic rings. The summed E-state index contributed by atoms with van der Waals surface area (Å²) in [5.41, 5.74) is 6.78. The third-order valence-electron chi connectivity index (χ3n) is 1.25. The van der Waals surface area contributed by atoms with Gasteiger partial charge < -0.3 is 10.7 Å². The Morgan fingerprint density at radius 1 is 1.27 bits per heavy atom. The molecule has 0 fully saturated rings. The van der Waals surface area contributed by atoms with E-state index < -0.39 is 0 Å². The van der Waals surface area contributed by atoms with Crippen molar-refractivity contribution in [1.29, 1.82) is 0 Å². The second-order valence-electron chi connectivity index (χ2n) is 1.86. The first-order chi connectivity index (χ1) is 4.88. The molecular formula is C5H5AgN5. The smallest absolute Gasteiger partial charge is 0.182 e. The summed E-state index contributed by atoms with van der Waals surface area (Å²) in [6.45, 7) is 0. The zero-order valence-corrected chi connectivity index (χ0v) is 6.86. The predicted molar refractivity (Wildman–Crippen MR) is 36.1 cm³/mol. The Morgan fingerprint density at radius 2 is 2.09 bits per heavy atom. The van der Waals surface area contributed by atoms with Crippen molar-refractivity contribution in [3.8, 4) is 0 Å². The summed E-state index contributed by atoms with van der Waals surface area (Å²) < 4.78 is 0. The number of rotatable bonds is 0. The van der Waals surface area contributed by atoms with Crippen LogP contribution in [0.1, 0.15) is 0 Å². The van der Waals surface area contributed by atoms with Gasteiger partial charge in [0.2, 0.25) is 0 Å². The van der Waals surface area contributed by atoms with Crippen molar-refractivity contribution >= 4 is 17.0 Å². The van der Waals surface area contributed by atoms with E-state index in [9.17, 15) is 0 Å². The number of anilines is 1. The number of H-pyrrole nitrogens is 1. The summed E-state index contributed by atoms with van der Waals surface area (Å²) >= 11 is 0. The number of nitrogens with zero attached hydrogens (tertiary/aromatic N) is 3. The van der Waals surface area contributed by atoms with E-state index >= 15 is 0 Å². The fourth-order valence-electron chi connectivity index (χ4n) is 0.784. The molecule has 2 heterocycles. The molecule has 0 saturated carbocycles. The van der Waals surface area contributed by atoms with E-state index in [1.807, 2.05) is 0 Å². The summed E-state index contributed by atoms with van der Waals surface area (Å²) in [7, 11) is 0. The molecular weight excluding hydrogens is 238 g/mol. The van der Waals surface area contributed by atoms with Crippen molar-refractivity contribution in [3.05, 3.63) is 12.7 Å². The molecule has 5 nitrogen and oxygen atoms in total. The number of hydrogen-bond acceptors (Lipinski definition) is 4. The van der Waals surface area contributed by atoms with Crippen LogP contribution in [0.2, 0.25) is 0 Å². The fraction of sp³-hybridized carbons (Fsp3) is 0. The minimum atomic E-state index is 0. The molecule has 0 aliphatic heterocycles. The Morgan fingerprint density at radius 3 is 2.82 bits per heavy atom. The van der Waals surface area contributed by atoms with E-state index in [4.69, 9.17) is 5.73 Å². The quantitative estimate of drug-likeness (QED) is 0.635. The molecule has 0 bridgehead atoms. The van der Waals surface area contributed by atoms with Gasteiger partial charge in [0.15, 0.2) is 11.5 Å². The van der Waals surface area contributed by atoms with Gasteiger partial charge in [-0.25, -0.2) is 15.0 Å². The number of hydrogen-bond donors (Lipinski definition) is 2. The number of fused-ring (bicyclic) bond motifs is 1. The summed E-state index contributed by atoms with van der Waals surface area (Å²) in [5.74, 6) is 0.433. The Labute approximate surface area is 78.0 Å². The molecule has 0 saturated heterocycles. The largest absolute Gasteiger partial charge is 0.382 e. The normalized spacial score (nSPS) is 9.45. The summed E-state index contributed by atoms with van der Waals surface area (Å²) in [6, 6.07) is 0. The molecule has 2 aromatic rings. The standard InChI is InChI=1S/C5H5N5.Ag/c6-4-3-5(9-1-7-3)10-2-8-4;/h1-2H,(H3,6,7,8,9,10);. The maximum absolute atomic E-state index is 5.48. The molecule has 3 N–H and O–H groups in total. The first kappa shape index (κ1) is 8.19. The van der Waals surface area contributed by atoms with E-state index in [1.54, 1.807) is 0 Å². The van der Waals surface area contributed by atoms with Crippen LogP contribution in [0.5, 0.6) is 0 Å². The van der Waals surface area contributed by atoms with Gasteiger partial charge in [0, 0.05) is 22.4 Å². The van der Waals surface area contributed by atoms with Crippen LogP contribution in [0.3, 0.4) is 0 Å². The number of nitrogens with one attached hydrogen (secondary N) is 1. The topological polar surface area (TPSA) is 80.5 Å². The molecule has 0 spiro atoms. The maximum Gasteiger partial charge on any atom is 0.182 e. The molecule has 61 valence electrons. The Kier molecular flexibility index (Phi) is 2.23. The second-order valence-corrected chi connectivity index (χ2v) is 1.86. The van der Waals surface area contributed by atoms with Crippen molar-refractivity contribution in [2.45, 2.75) is 0 Å². The maximum atomic E-state index is 5.48. The van der Waals surface area contributed by atoms with Gasteiger partial charge in [-0.3, -0.25) is 0 Å². The Bertz CT molecular complexity index is 356. The number of nitrogen functional groups attached to an aromatic ring is 1. The minimum Gasteiger partial charge on any atom is -0.382 e. The molecule has 0 aliphatic carbocycles. The van der Waals surface area contributed by atoms with Crippen LogP contribution in [0.4, 0.5) is 5.82 Å². The SMILES string of the molecule is Nc1ncnc2nc[nH]c12.[Ag].